The van der Waals surface area contributed by atoms with Gasteiger partial charge in [-0.05, 0) is 29.3 Å². The molecule has 0 atom stereocenters. The Bertz CT molecular complexity index is 553. The van der Waals surface area contributed by atoms with Crippen LogP contribution in [0.5, 0.6) is 0 Å². The highest BCUT2D eigenvalue weighted by Crippen LogP contribution is 2.24. The Labute approximate surface area is 105 Å². The van der Waals surface area contributed by atoms with Gasteiger partial charge in [-0.25, -0.2) is 4.98 Å². The third kappa shape index (κ3) is 2.20. The Morgan fingerprint density at radius 3 is 3.06 bits per heavy atom. The number of nitrogens with zero attached hydrogens (tertiary/aromatic N) is 1. The molecule has 0 aliphatic rings. The van der Waals surface area contributed by atoms with E-state index in [2.05, 4.69) is 30.6 Å². The molecular weight excluding hydrogens is 295 g/mol. The molecule has 1 heterocycles. The summed E-state index contributed by atoms with van der Waals surface area (Å²) in [5, 5.41) is 0.331. The van der Waals surface area contributed by atoms with Gasteiger partial charge in [0.05, 0.1) is 24.6 Å². The zero-order valence-corrected chi connectivity index (χ0v) is 10.7. The van der Waals surface area contributed by atoms with Crippen molar-refractivity contribution in [3.8, 4) is 0 Å². The fraction of sp³-hybridized carbons (Fsp3) is 0.200. The summed E-state index contributed by atoms with van der Waals surface area (Å²) in [5.74, 6) is -0.286. The number of methoxy groups -OCH3 is 1. The Hall–Kier alpha value is -1.07. The van der Waals surface area contributed by atoms with Crippen molar-refractivity contribution >= 4 is 44.5 Å². The van der Waals surface area contributed by atoms with E-state index in [4.69, 9.17) is 11.6 Å². The number of hydrogen-bond acceptors (Lipinski definition) is 3. The van der Waals surface area contributed by atoms with Crippen molar-refractivity contribution in [3.63, 3.8) is 0 Å². The van der Waals surface area contributed by atoms with Crippen molar-refractivity contribution in [1.82, 2.24) is 9.97 Å². The Kier molecular flexibility index (Phi) is 3.16. The summed E-state index contributed by atoms with van der Waals surface area (Å²) in [6, 6.07) is 3.64. The van der Waals surface area contributed by atoms with E-state index in [1.54, 1.807) is 0 Å². The topological polar surface area (TPSA) is 55.0 Å². The van der Waals surface area contributed by atoms with E-state index < -0.39 is 0 Å². The smallest absolute Gasteiger partial charge is 0.310 e. The SMILES string of the molecule is COC(=O)Cc1cc2[nH]c(Cl)nc2cc1Br. The Morgan fingerprint density at radius 1 is 1.62 bits per heavy atom. The maximum Gasteiger partial charge on any atom is 0.310 e. The molecule has 1 aromatic carbocycles. The van der Waals surface area contributed by atoms with Gasteiger partial charge in [-0.2, -0.15) is 0 Å². The van der Waals surface area contributed by atoms with Gasteiger partial charge in [0, 0.05) is 4.47 Å². The molecule has 1 aromatic heterocycles. The molecule has 0 saturated carbocycles. The van der Waals surface area contributed by atoms with Crippen LogP contribution in [0.1, 0.15) is 5.56 Å². The molecule has 0 fully saturated rings. The standard InChI is InChI=1S/C10H8BrClN2O2/c1-16-9(15)3-5-2-7-8(4-6(5)11)14-10(12)13-7/h2,4H,3H2,1H3,(H,13,14). The van der Waals surface area contributed by atoms with Gasteiger partial charge >= 0.3 is 5.97 Å². The van der Waals surface area contributed by atoms with Crippen molar-refractivity contribution in [2.75, 3.05) is 7.11 Å². The predicted octanol–water partition coefficient (Wildman–Crippen LogP) is 2.69. The number of rotatable bonds is 2. The van der Waals surface area contributed by atoms with Crippen LogP contribution in [0.3, 0.4) is 0 Å². The van der Waals surface area contributed by atoms with Gasteiger partial charge in [-0.3, -0.25) is 4.79 Å². The normalized spacial score (nSPS) is 10.7. The lowest BCUT2D eigenvalue weighted by molar-refractivity contribution is -0.139. The molecular formula is C10H8BrClN2O2. The van der Waals surface area contributed by atoms with Crippen LogP contribution in [-0.4, -0.2) is 23.0 Å². The number of carbonyl (C=O) groups excluding carboxylic acids is 1. The van der Waals surface area contributed by atoms with E-state index in [1.807, 2.05) is 12.1 Å². The summed E-state index contributed by atoms with van der Waals surface area (Å²) in [7, 11) is 1.36. The first kappa shape index (κ1) is 11.4. The molecule has 16 heavy (non-hydrogen) atoms. The van der Waals surface area contributed by atoms with Gasteiger partial charge in [0.15, 0.2) is 0 Å². The Balaban J connectivity index is 2.45. The number of halogens is 2. The van der Waals surface area contributed by atoms with E-state index in [0.717, 1.165) is 21.1 Å². The first-order valence-corrected chi connectivity index (χ1v) is 5.67. The molecule has 84 valence electrons. The van der Waals surface area contributed by atoms with Crippen molar-refractivity contribution in [2.24, 2.45) is 0 Å². The first-order chi connectivity index (χ1) is 7.60. The molecule has 6 heteroatoms. The number of esters is 1. The lowest BCUT2D eigenvalue weighted by atomic mass is 10.1. The van der Waals surface area contributed by atoms with Gasteiger partial charge in [0.2, 0.25) is 5.28 Å². The maximum atomic E-state index is 11.2. The minimum atomic E-state index is -0.286. The van der Waals surface area contributed by atoms with Gasteiger partial charge in [-0.1, -0.05) is 15.9 Å². The number of aromatic amines is 1. The average molecular weight is 304 g/mol. The summed E-state index contributed by atoms with van der Waals surface area (Å²) in [5.41, 5.74) is 2.39. The molecule has 2 rings (SSSR count). The van der Waals surface area contributed by atoms with E-state index in [0.29, 0.717) is 5.28 Å². The maximum absolute atomic E-state index is 11.2. The molecule has 0 saturated heterocycles. The van der Waals surface area contributed by atoms with E-state index >= 15 is 0 Å². The number of benzene rings is 1. The summed E-state index contributed by atoms with van der Waals surface area (Å²) < 4.78 is 5.43. The number of H-pyrrole nitrogens is 1. The number of imidazole rings is 1. The van der Waals surface area contributed by atoms with Crippen molar-refractivity contribution in [2.45, 2.75) is 6.42 Å². The lowest BCUT2D eigenvalue weighted by Crippen LogP contribution is -2.04. The number of ether oxygens (including phenoxy) is 1. The summed E-state index contributed by atoms with van der Waals surface area (Å²) in [6.07, 6.45) is 0.212. The number of nitrogens with one attached hydrogen (secondary N) is 1. The third-order valence-electron chi connectivity index (χ3n) is 2.18. The van der Waals surface area contributed by atoms with Gasteiger partial charge in [0.25, 0.3) is 0 Å². The molecule has 1 N–H and O–H groups in total. The van der Waals surface area contributed by atoms with Crippen molar-refractivity contribution < 1.29 is 9.53 Å². The molecule has 0 bridgehead atoms. The zero-order valence-electron chi connectivity index (χ0n) is 8.38. The Morgan fingerprint density at radius 2 is 2.38 bits per heavy atom. The van der Waals surface area contributed by atoms with Gasteiger partial charge in [0.1, 0.15) is 0 Å². The molecule has 0 aliphatic heterocycles. The second-order valence-electron chi connectivity index (χ2n) is 3.24. The molecule has 0 unspecified atom stereocenters. The van der Waals surface area contributed by atoms with Crippen LogP contribution >= 0.6 is 27.5 Å². The summed E-state index contributed by atoms with van der Waals surface area (Å²) in [4.78, 5) is 18.2. The molecule has 0 amide bonds. The van der Waals surface area contributed by atoms with E-state index in [1.165, 1.54) is 7.11 Å². The van der Waals surface area contributed by atoms with Gasteiger partial charge in [-0.15, -0.1) is 0 Å². The van der Waals surface area contributed by atoms with Crippen LogP contribution in [0.2, 0.25) is 5.28 Å². The average Bonchev–Trinajstić information content (AvgIpc) is 2.58. The van der Waals surface area contributed by atoms with Crippen LogP contribution in [-0.2, 0) is 16.0 Å². The largest absolute Gasteiger partial charge is 0.469 e. The highest BCUT2D eigenvalue weighted by molar-refractivity contribution is 9.10. The second kappa shape index (κ2) is 4.43. The molecule has 0 radical (unpaired) electrons. The van der Waals surface area contributed by atoms with E-state index in [9.17, 15) is 4.79 Å². The van der Waals surface area contributed by atoms with Crippen molar-refractivity contribution in [1.29, 1.82) is 0 Å². The lowest BCUT2D eigenvalue weighted by Gasteiger charge is -2.02. The van der Waals surface area contributed by atoms with Crippen LogP contribution in [0, 0.1) is 0 Å². The fourth-order valence-corrected chi connectivity index (χ4v) is 2.07. The fourth-order valence-electron chi connectivity index (χ4n) is 1.41. The monoisotopic (exact) mass is 302 g/mol. The number of hydrogen-bond donors (Lipinski definition) is 1. The van der Waals surface area contributed by atoms with Crippen LogP contribution in [0.25, 0.3) is 11.0 Å². The second-order valence-corrected chi connectivity index (χ2v) is 4.45. The predicted molar refractivity (Wildman–Crippen MR) is 64.5 cm³/mol. The minimum Gasteiger partial charge on any atom is -0.469 e. The van der Waals surface area contributed by atoms with Crippen molar-refractivity contribution in [3.05, 3.63) is 27.5 Å². The summed E-state index contributed by atoms with van der Waals surface area (Å²) in [6.45, 7) is 0. The number of fused-ring (bicyclic) bond motifs is 1. The first-order valence-electron chi connectivity index (χ1n) is 4.50. The zero-order chi connectivity index (χ0) is 11.7. The quantitative estimate of drug-likeness (QED) is 0.868. The van der Waals surface area contributed by atoms with Gasteiger partial charge < -0.3 is 9.72 Å². The number of carbonyl (C=O) groups is 1. The molecule has 0 spiro atoms. The number of aromatic nitrogens is 2. The third-order valence-corrected chi connectivity index (χ3v) is 3.10. The molecule has 2 aromatic rings. The van der Waals surface area contributed by atoms with Crippen LogP contribution in [0.15, 0.2) is 16.6 Å². The van der Waals surface area contributed by atoms with Crippen LogP contribution in [0.4, 0.5) is 0 Å². The highest BCUT2D eigenvalue weighted by atomic mass is 79.9. The minimum absolute atomic E-state index is 0.212. The van der Waals surface area contributed by atoms with Crippen LogP contribution < -0.4 is 0 Å². The molecule has 0 aliphatic carbocycles. The summed E-state index contributed by atoms with van der Waals surface area (Å²) >= 11 is 9.13. The van der Waals surface area contributed by atoms with E-state index in [-0.39, 0.29) is 12.4 Å². The molecule has 4 nitrogen and oxygen atoms in total. The highest BCUT2D eigenvalue weighted by Gasteiger charge is 2.10.